The summed E-state index contributed by atoms with van der Waals surface area (Å²) < 4.78 is 4.81. The fourth-order valence-electron chi connectivity index (χ4n) is 2.94. The van der Waals surface area contributed by atoms with Gasteiger partial charge in [-0.15, -0.1) is 0 Å². The van der Waals surface area contributed by atoms with Crippen LogP contribution in [0.5, 0.6) is 0 Å². The Kier molecular flexibility index (Phi) is 24.8. The van der Waals surface area contributed by atoms with Crippen LogP contribution in [0.4, 0.5) is 0 Å². The van der Waals surface area contributed by atoms with Crippen LogP contribution in [-0.2, 0) is 9.53 Å². The summed E-state index contributed by atoms with van der Waals surface area (Å²) in [4.78, 5) is 10.2. The number of hydrogen-bond acceptors (Lipinski definition) is 4. The Hall–Kier alpha value is 0.390. The van der Waals surface area contributed by atoms with Crippen LogP contribution in [-0.4, -0.2) is 30.4 Å². The van der Waals surface area contributed by atoms with E-state index in [0.717, 1.165) is 12.8 Å². The van der Waals surface area contributed by atoms with Crippen molar-refractivity contribution >= 4 is 5.97 Å². The summed E-state index contributed by atoms with van der Waals surface area (Å²) >= 11 is 0. The molecular weight excluding hydrogens is 327 g/mol. The SMILES string of the molecule is CCCCCCCCCCCCCCCCC(O)COCC(=O)[O-].[Na+]. The number of unbranched alkanes of at least 4 members (excludes halogenated alkanes) is 13. The van der Waals surface area contributed by atoms with Crippen molar-refractivity contribution in [2.45, 2.75) is 109 Å². The standard InChI is InChI=1S/C20H40O4.Na/c1-2-3-4-5-6-7-8-9-10-11-12-13-14-15-16-19(21)17-24-18-20(22)23;/h19,21H,2-18H2,1H3,(H,22,23);/q;+1/p-1. The van der Waals surface area contributed by atoms with Gasteiger partial charge < -0.3 is 19.7 Å². The number of hydrogen-bond donors (Lipinski definition) is 1. The molecule has 0 aliphatic rings. The second-order valence-electron chi connectivity index (χ2n) is 6.93. The molecule has 0 aromatic rings. The Morgan fingerprint density at radius 3 is 1.64 bits per heavy atom. The van der Waals surface area contributed by atoms with E-state index in [1.165, 1.54) is 77.0 Å². The van der Waals surface area contributed by atoms with Crippen LogP contribution in [0.2, 0.25) is 0 Å². The van der Waals surface area contributed by atoms with E-state index in [1.54, 1.807) is 0 Å². The molecule has 1 unspecified atom stereocenters. The Balaban J connectivity index is 0. The van der Waals surface area contributed by atoms with E-state index in [0.29, 0.717) is 6.42 Å². The number of carboxylic acids is 1. The molecule has 0 aromatic carbocycles. The van der Waals surface area contributed by atoms with E-state index in [1.807, 2.05) is 0 Å². The van der Waals surface area contributed by atoms with Crippen LogP contribution < -0.4 is 34.7 Å². The molecule has 0 saturated heterocycles. The topological polar surface area (TPSA) is 69.6 Å². The summed E-state index contributed by atoms with van der Waals surface area (Å²) in [7, 11) is 0. The molecule has 0 rings (SSSR count). The van der Waals surface area contributed by atoms with Gasteiger partial charge >= 0.3 is 29.6 Å². The van der Waals surface area contributed by atoms with Gasteiger partial charge in [0.1, 0.15) is 0 Å². The summed E-state index contributed by atoms with van der Waals surface area (Å²) in [5, 5.41) is 19.8. The molecule has 4 nitrogen and oxygen atoms in total. The third-order valence-corrected chi connectivity index (χ3v) is 4.42. The number of aliphatic hydroxyl groups is 1. The Morgan fingerprint density at radius 1 is 0.840 bits per heavy atom. The van der Waals surface area contributed by atoms with Gasteiger partial charge in [0.15, 0.2) is 0 Å². The number of carboxylic acid groups (broad SMARTS) is 1. The third kappa shape index (κ3) is 24.4. The molecule has 25 heavy (non-hydrogen) atoms. The van der Waals surface area contributed by atoms with Crippen LogP contribution in [0.25, 0.3) is 0 Å². The summed E-state index contributed by atoms with van der Waals surface area (Å²) in [6.07, 6.45) is 18.6. The van der Waals surface area contributed by atoms with E-state index < -0.39 is 18.7 Å². The predicted molar refractivity (Wildman–Crippen MR) is 96.8 cm³/mol. The van der Waals surface area contributed by atoms with Gasteiger partial charge in [0.2, 0.25) is 0 Å². The van der Waals surface area contributed by atoms with Gasteiger partial charge in [-0.3, -0.25) is 0 Å². The van der Waals surface area contributed by atoms with Crippen molar-refractivity contribution in [2.24, 2.45) is 0 Å². The van der Waals surface area contributed by atoms with Gasteiger partial charge in [0.05, 0.1) is 25.3 Å². The normalized spacial score (nSPS) is 11.9. The zero-order valence-corrected chi connectivity index (χ0v) is 18.8. The molecule has 144 valence electrons. The van der Waals surface area contributed by atoms with Crippen LogP contribution in [0.15, 0.2) is 0 Å². The third-order valence-electron chi connectivity index (χ3n) is 4.42. The molecule has 0 bridgehead atoms. The number of ether oxygens (including phenoxy) is 1. The molecule has 0 amide bonds. The first-order valence-corrected chi connectivity index (χ1v) is 10.1. The van der Waals surface area contributed by atoms with Crippen molar-refractivity contribution < 1.29 is 49.3 Å². The largest absolute Gasteiger partial charge is 1.00 e. The van der Waals surface area contributed by atoms with Gasteiger partial charge in [0, 0.05) is 0 Å². The van der Waals surface area contributed by atoms with Crippen LogP contribution in [0.1, 0.15) is 103 Å². The van der Waals surface area contributed by atoms with Gasteiger partial charge in [0.25, 0.3) is 0 Å². The van der Waals surface area contributed by atoms with Crippen LogP contribution >= 0.6 is 0 Å². The molecule has 5 heteroatoms. The van der Waals surface area contributed by atoms with E-state index >= 15 is 0 Å². The first-order valence-electron chi connectivity index (χ1n) is 10.1. The maximum atomic E-state index is 10.2. The van der Waals surface area contributed by atoms with Crippen molar-refractivity contribution in [1.29, 1.82) is 0 Å². The second-order valence-corrected chi connectivity index (χ2v) is 6.93. The van der Waals surface area contributed by atoms with E-state index in [-0.39, 0.29) is 36.2 Å². The molecule has 0 aliphatic carbocycles. The van der Waals surface area contributed by atoms with Gasteiger partial charge in [-0.05, 0) is 6.42 Å². The first kappa shape index (κ1) is 27.6. The van der Waals surface area contributed by atoms with Crippen molar-refractivity contribution in [2.75, 3.05) is 13.2 Å². The quantitative estimate of drug-likeness (QED) is 0.273. The smallest absolute Gasteiger partial charge is 0.548 e. The molecule has 0 heterocycles. The molecule has 0 aromatic heterocycles. The molecule has 1 atom stereocenters. The van der Waals surface area contributed by atoms with E-state index in [9.17, 15) is 15.0 Å². The fraction of sp³-hybridized carbons (Fsp3) is 0.950. The van der Waals surface area contributed by atoms with Crippen molar-refractivity contribution in [1.82, 2.24) is 0 Å². The molecule has 0 spiro atoms. The molecule has 0 radical (unpaired) electrons. The minimum absolute atomic E-state index is 0. The average Bonchev–Trinajstić information content (AvgIpc) is 2.55. The van der Waals surface area contributed by atoms with Crippen LogP contribution in [0, 0.1) is 0 Å². The van der Waals surface area contributed by atoms with Crippen LogP contribution in [0.3, 0.4) is 0 Å². The van der Waals surface area contributed by atoms with Crippen molar-refractivity contribution in [3.8, 4) is 0 Å². The average molecular weight is 367 g/mol. The molecule has 0 aliphatic heterocycles. The number of carbonyl (C=O) groups excluding carboxylic acids is 1. The van der Waals surface area contributed by atoms with E-state index in [2.05, 4.69) is 6.92 Å². The monoisotopic (exact) mass is 366 g/mol. The van der Waals surface area contributed by atoms with Gasteiger partial charge in [-0.25, -0.2) is 0 Å². The number of aliphatic hydroxyl groups excluding tert-OH is 1. The molecule has 0 fully saturated rings. The number of aliphatic carboxylic acids is 1. The van der Waals surface area contributed by atoms with E-state index in [4.69, 9.17) is 4.74 Å². The molecular formula is C20H39NaO4. The zero-order valence-electron chi connectivity index (χ0n) is 16.8. The summed E-state index contributed by atoms with van der Waals surface area (Å²) in [5.41, 5.74) is 0. The Bertz CT molecular complexity index is 274. The number of rotatable bonds is 19. The zero-order chi connectivity index (χ0) is 17.9. The second kappa shape index (κ2) is 22.4. The Labute approximate surface area is 177 Å². The minimum atomic E-state index is -1.24. The maximum absolute atomic E-state index is 10.2. The summed E-state index contributed by atoms with van der Waals surface area (Å²) in [6, 6.07) is 0. The fourth-order valence-corrected chi connectivity index (χ4v) is 2.94. The maximum Gasteiger partial charge on any atom is 1.00 e. The first-order chi connectivity index (χ1) is 11.7. The number of carbonyl (C=O) groups is 1. The summed E-state index contributed by atoms with van der Waals surface area (Å²) in [6.45, 7) is 1.92. The van der Waals surface area contributed by atoms with Crippen molar-refractivity contribution in [3.63, 3.8) is 0 Å². The predicted octanol–water partition coefficient (Wildman–Crippen LogP) is 0.989. The summed E-state index contributed by atoms with van der Waals surface area (Å²) in [5.74, 6) is -1.24. The minimum Gasteiger partial charge on any atom is -0.548 e. The molecule has 1 N–H and O–H groups in total. The van der Waals surface area contributed by atoms with Gasteiger partial charge in [-0.2, -0.15) is 0 Å². The molecule has 0 saturated carbocycles. The van der Waals surface area contributed by atoms with Crippen molar-refractivity contribution in [3.05, 3.63) is 0 Å². The Morgan fingerprint density at radius 2 is 1.24 bits per heavy atom. The van der Waals surface area contributed by atoms with Gasteiger partial charge in [-0.1, -0.05) is 96.8 Å².